The van der Waals surface area contributed by atoms with E-state index in [9.17, 15) is 0 Å². The van der Waals surface area contributed by atoms with E-state index < -0.39 is 0 Å². The van der Waals surface area contributed by atoms with Crippen molar-refractivity contribution in [2.75, 3.05) is 25.2 Å². The molecule has 1 aromatic heterocycles. The van der Waals surface area contributed by atoms with Crippen LogP contribution in [0.15, 0.2) is 22.6 Å². The number of aromatic nitrogens is 1. The molecule has 1 aromatic carbocycles. The number of nitrogens with two attached hydrogens (primary N) is 1. The monoisotopic (exact) mass is 238 g/mol. The summed E-state index contributed by atoms with van der Waals surface area (Å²) in [6.07, 6.45) is 0. The van der Waals surface area contributed by atoms with Gasteiger partial charge in [-0.15, -0.1) is 11.8 Å². The number of anilines is 1. The molecule has 2 aromatic rings. The van der Waals surface area contributed by atoms with E-state index in [1.807, 2.05) is 18.2 Å². The summed E-state index contributed by atoms with van der Waals surface area (Å²) in [7, 11) is 1.70. The van der Waals surface area contributed by atoms with Gasteiger partial charge in [-0.05, 0) is 18.2 Å². The molecule has 0 spiro atoms. The Bertz CT molecular complexity index is 470. The molecule has 0 unspecified atom stereocenters. The third kappa shape index (κ3) is 2.68. The lowest BCUT2D eigenvalue weighted by Crippen LogP contribution is -1.92. The smallest absolute Gasteiger partial charge is 0.205 e. The van der Waals surface area contributed by atoms with Gasteiger partial charge in [0.15, 0.2) is 5.58 Å². The third-order valence-corrected chi connectivity index (χ3v) is 3.02. The highest BCUT2D eigenvalue weighted by Crippen LogP contribution is 2.20. The number of nitrogen functional groups attached to an aromatic ring is 1. The minimum Gasteiger partial charge on any atom is -0.440 e. The largest absolute Gasteiger partial charge is 0.440 e. The number of hydrogen-bond donors (Lipinski definition) is 1. The van der Waals surface area contributed by atoms with Crippen LogP contribution in [0.1, 0.15) is 5.89 Å². The molecule has 86 valence electrons. The summed E-state index contributed by atoms with van der Waals surface area (Å²) in [6, 6.07) is 5.48. The Morgan fingerprint density at radius 1 is 1.50 bits per heavy atom. The molecule has 0 aliphatic carbocycles. The topological polar surface area (TPSA) is 61.3 Å². The van der Waals surface area contributed by atoms with Crippen molar-refractivity contribution in [3.8, 4) is 0 Å². The quantitative estimate of drug-likeness (QED) is 0.639. The summed E-state index contributed by atoms with van der Waals surface area (Å²) in [4.78, 5) is 4.36. The predicted octanol–water partition coefficient (Wildman–Crippen LogP) is 2.29. The molecule has 0 fully saturated rings. The Morgan fingerprint density at radius 2 is 2.38 bits per heavy atom. The molecular formula is C11H14N2O2S. The second-order valence-electron chi connectivity index (χ2n) is 3.38. The number of benzene rings is 1. The average molecular weight is 238 g/mol. The maximum Gasteiger partial charge on any atom is 0.205 e. The first-order chi connectivity index (χ1) is 7.79. The average Bonchev–Trinajstić information content (AvgIpc) is 2.66. The summed E-state index contributed by atoms with van der Waals surface area (Å²) in [6.45, 7) is 0.748. The van der Waals surface area contributed by atoms with E-state index in [2.05, 4.69) is 4.98 Å². The number of fused-ring (bicyclic) bond motifs is 1. The Hall–Kier alpha value is -1.20. The SMILES string of the molecule is COCCSCc1nc2cc(N)ccc2o1. The molecule has 0 atom stereocenters. The first-order valence-corrected chi connectivity index (χ1v) is 6.16. The van der Waals surface area contributed by atoms with E-state index in [-0.39, 0.29) is 0 Å². The number of rotatable bonds is 5. The van der Waals surface area contributed by atoms with Gasteiger partial charge in [0, 0.05) is 18.6 Å². The van der Waals surface area contributed by atoms with Crippen molar-refractivity contribution in [3.63, 3.8) is 0 Å². The van der Waals surface area contributed by atoms with Gasteiger partial charge >= 0.3 is 0 Å². The molecule has 1 heterocycles. The zero-order valence-corrected chi connectivity index (χ0v) is 9.92. The molecule has 5 heteroatoms. The fourth-order valence-electron chi connectivity index (χ4n) is 1.36. The molecule has 0 bridgehead atoms. The van der Waals surface area contributed by atoms with Gasteiger partial charge in [-0.2, -0.15) is 0 Å². The van der Waals surface area contributed by atoms with Gasteiger partial charge in [-0.25, -0.2) is 4.98 Å². The van der Waals surface area contributed by atoms with Crippen molar-refractivity contribution in [1.82, 2.24) is 4.98 Å². The maximum absolute atomic E-state index is 5.67. The van der Waals surface area contributed by atoms with Gasteiger partial charge in [-0.3, -0.25) is 0 Å². The molecule has 0 aliphatic heterocycles. The third-order valence-electron chi connectivity index (χ3n) is 2.11. The van der Waals surface area contributed by atoms with Crippen LogP contribution in [0.5, 0.6) is 0 Å². The van der Waals surface area contributed by atoms with Gasteiger partial charge in [0.2, 0.25) is 5.89 Å². The summed E-state index contributed by atoms with van der Waals surface area (Å²) in [5.41, 5.74) is 7.99. The van der Waals surface area contributed by atoms with Crippen LogP contribution in [0.25, 0.3) is 11.1 Å². The number of nitrogens with zero attached hydrogens (tertiary/aromatic N) is 1. The standard InChI is InChI=1S/C11H14N2O2S/c1-14-4-5-16-7-11-13-9-6-8(12)2-3-10(9)15-11/h2-3,6H,4-5,7,12H2,1H3. The fraction of sp³-hybridized carbons (Fsp3) is 0.364. The van der Waals surface area contributed by atoms with Crippen LogP contribution >= 0.6 is 11.8 Å². The van der Waals surface area contributed by atoms with Gasteiger partial charge in [0.05, 0.1) is 12.4 Å². The Labute approximate surface area is 98.2 Å². The van der Waals surface area contributed by atoms with E-state index in [1.54, 1.807) is 18.9 Å². The van der Waals surface area contributed by atoms with Crippen LogP contribution in [0, 0.1) is 0 Å². The first-order valence-electron chi connectivity index (χ1n) is 5.01. The summed E-state index contributed by atoms with van der Waals surface area (Å²) < 4.78 is 10.5. The minimum absolute atomic E-state index is 0.708. The maximum atomic E-state index is 5.67. The summed E-state index contributed by atoms with van der Waals surface area (Å²) in [5, 5.41) is 0. The lowest BCUT2D eigenvalue weighted by Gasteiger charge is -1.96. The van der Waals surface area contributed by atoms with Crippen molar-refractivity contribution in [1.29, 1.82) is 0 Å². The number of hydrogen-bond acceptors (Lipinski definition) is 5. The van der Waals surface area contributed by atoms with Gasteiger partial charge < -0.3 is 14.9 Å². The molecule has 0 saturated heterocycles. The number of oxazole rings is 1. The molecule has 0 aliphatic rings. The molecule has 0 radical (unpaired) electrons. The number of thioether (sulfide) groups is 1. The van der Waals surface area contributed by atoms with Crippen LogP contribution < -0.4 is 5.73 Å². The van der Waals surface area contributed by atoms with Crippen LogP contribution in [-0.2, 0) is 10.5 Å². The zero-order valence-electron chi connectivity index (χ0n) is 9.10. The highest BCUT2D eigenvalue weighted by Gasteiger charge is 2.05. The lowest BCUT2D eigenvalue weighted by atomic mass is 10.3. The van der Waals surface area contributed by atoms with E-state index in [1.165, 1.54) is 0 Å². The van der Waals surface area contributed by atoms with Gasteiger partial charge in [0.1, 0.15) is 5.52 Å². The van der Waals surface area contributed by atoms with Crippen molar-refractivity contribution < 1.29 is 9.15 Å². The summed E-state index contributed by atoms with van der Waals surface area (Å²) in [5.74, 6) is 2.44. The van der Waals surface area contributed by atoms with E-state index in [0.29, 0.717) is 5.69 Å². The lowest BCUT2D eigenvalue weighted by molar-refractivity contribution is 0.218. The first kappa shape index (κ1) is 11.3. The van der Waals surface area contributed by atoms with Crippen molar-refractivity contribution in [2.45, 2.75) is 5.75 Å². The second-order valence-corrected chi connectivity index (χ2v) is 4.49. The van der Waals surface area contributed by atoms with Gasteiger partial charge in [0.25, 0.3) is 0 Å². The predicted molar refractivity (Wildman–Crippen MR) is 66.5 cm³/mol. The van der Waals surface area contributed by atoms with E-state index >= 15 is 0 Å². The molecule has 0 amide bonds. The summed E-state index contributed by atoms with van der Waals surface area (Å²) >= 11 is 1.74. The normalized spacial score (nSPS) is 11.1. The highest BCUT2D eigenvalue weighted by atomic mass is 32.2. The number of ether oxygens (including phenoxy) is 1. The molecule has 2 N–H and O–H groups in total. The second kappa shape index (κ2) is 5.23. The fourth-order valence-corrected chi connectivity index (χ4v) is 2.08. The van der Waals surface area contributed by atoms with Crippen LogP contribution in [0.2, 0.25) is 0 Å². The van der Waals surface area contributed by atoms with E-state index in [0.717, 1.165) is 35.1 Å². The van der Waals surface area contributed by atoms with E-state index in [4.69, 9.17) is 14.9 Å². The van der Waals surface area contributed by atoms with Crippen LogP contribution in [-0.4, -0.2) is 24.5 Å². The van der Waals surface area contributed by atoms with Crippen LogP contribution in [0.3, 0.4) is 0 Å². The Morgan fingerprint density at radius 3 is 3.19 bits per heavy atom. The number of methoxy groups -OCH3 is 1. The molecule has 16 heavy (non-hydrogen) atoms. The van der Waals surface area contributed by atoms with Gasteiger partial charge in [-0.1, -0.05) is 0 Å². The molecule has 2 rings (SSSR count). The van der Waals surface area contributed by atoms with Crippen molar-refractivity contribution in [3.05, 3.63) is 24.1 Å². The minimum atomic E-state index is 0.708. The highest BCUT2D eigenvalue weighted by molar-refractivity contribution is 7.98. The van der Waals surface area contributed by atoms with Crippen LogP contribution in [0.4, 0.5) is 5.69 Å². The molecular weight excluding hydrogens is 224 g/mol. The Balaban J connectivity index is 2.02. The van der Waals surface area contributed by atoms with Crippen molar-refractivity contribution >= 4 is 28.5 Å². The zero-order chi connectivity index (χ0) is 11.4. The molecule has 4 nitrogen and oxygen atoms in total. The van der Waals surface area contributed by atoms with Crippen molar-refractivity contribution in [2.24, 2.45) is 0 Å². The Kier molecular flexibility index (Phi) is 3.69. The molecule has 0 saturated carbocycles.